The Hall–Kier alpha value is -2.01. The highest BCUT2D eigenvalue weighted by Gasteiger charge is 2.66. The maximum Gasteiger partial charge on any atom is 0.178 e. The number of allylic oxidation sites excluding steroid dienone is 6. The Kier molecular flexibility index (Phi) is 4.54. The second-order valence-electron chi connectivity index (χ2n) is 9.84. The fourth-order valence-electron chi connectivity index (χ4n) is 6.87. The lowest BCUT2D eigenvalue weighted by Gasteiger charge is -2.53. The molecule has 0 aliphatic heterocycles. The van der Waals surface area contributed by atoms with Crippen molar-refractivity contribution < 1.29 is 24.6 Å². The van der Waals surface area contributed by atoms with Gasteiger partial charge in [-0.3, -0.25) is 9.59 Å². The van der Waals surface area contributed by atoms with Crippen LogP contribution in [0, 0.1) is 28.6 Å². The molecule has 0 aromatic heterocycles. The summed E-state index contributed by atoms with van der Waals surface area (Å²) in [5.74, 6) is -1.43. The van der Waals surface area contributed by atoms with E-state index in [4.69, 9.17) is 0 Å². The van der Waals surface area contributed by atoms with E-state index in [-0.39, 0.29) is 47.6 Å². The summed E-state index contributed by atoms with van der Waals surface area (Å²) in [4.78, 5) is 35.7. The van der Waals surface area contributed by atoms with Crippen LogP contribution in [0.5, 0.6) is 0 Å². The molecule has 0 aromatic rings. The predicted octanol–water partition coefficient (Wildman–Crippen LogP) is 2.29. The third-order valence-electron chi connectivity index (χ3n) is 8.51. The molecule has 0 bridgehead atoms. The summed E-state index contributed by atoms with van der Waals surface area (Å²) in [6.07, 6.45) is 10.1. The Morgan fingerprint density at radius 3 is 2.69 bits per heavy atom. The number of aliphatic carboxylic acids is 1. The van der Waals surface area contributed by atoms with Crippen molar-refractivity contribution in [2.75, 3.05) is 0 Å². The lowest BCUT2D eigenvalue weighted by Crippen LogP contribution is -2.56. The van der Waals surface area contributed by atoms with Gasteiger partial charge < -0.3 is 15.0 Å². The molecule has 4 rings (SSSR count). The summed E-state index contributed by atoms with van der Waals surface area (Å²) in [7, 11) is 0. The van der Waals surface area contributed by atoms with Crippen LogP contribution in [0.25, 0.3) is 0 Å². The van der Waals surface area contributed by atoms with Gasteiger partial charge in [-0.05, 0) is 68.9 Å². The van der Waals surface area contributed by atoms with Crippen LogP contribution in [0.4, 0.5) is 0 Å². The molecular formula is C24H29O5-. The summed E-state index contributed by atoms with van der Waals surface area (Å²) < 4.78 is 0. The molecule has 29 heavy (non-hydrogen) atoms. The minimum atomic E-state index is -1.52. The summed E-state index contributed by atoms with van der Waals surface area (Å²) in [5.41, 5.74) is 0.0587. The average Bonchev–Trinajstić information content (AvgIpc) is 2.88. The lowest BCUT2D eigenvalue weighted by atomic mass is 9.51. The van der Waals surface area contributed by atoms with Crippen molar-refractivity contribution in [1.82, 2.24) is 0 Å². The first-order valence-corrected chi connectivity index (χ1v) is 10.6. The molecule has 0 radical (unpaired) electrons. The molecule has 0 amide bonds. The Bertz CT molecular complexity index is 880. The number of hydrogen-bond acceptors (Lipinski definition) is 5. The zero-order valence-corrected chi connectivity index (χ0v) is 17.4. The van der Waals surface area contributed by atoms with Crippen LogP contribution < -0.4 is 5.11 Å². The highest BCUT2D eigenvalue weighted by Crippen LogP contribution is 2.66. The molecule has 0 heterocycles. The zero-order valence-electron chi connectivity index (χ0n) is 17.4. The monoisotopic (exact) mass is 397 g/mol. The maximum absolute atomic E-state index is 13.0. The number of Topliss-reactive ketones (excluding diaryl/α,β-unsaturated/α-hetero) is 1. The molecule has 5 nitrogen and oxygen atoms in total. The van der Waals surface area contributed by atoms with Gasteiger partial charge in [0.15, 0.2) is 11.6 Å². The fourth-order valence-corrected chi connectivity index (χ4v) is 6.87. The van der Waals surface area contributed by atoms with Crippen LogP contribution in [0.1, 0.15) is 59.3 Å². The zero-order chi connectivity index (χ0) is 21.2. The van der Waals surface area contributed by atoms with Crippen molar-refractivity contribution >= 4 is 17.5 Å². The van der Waals surface area contributed by atoms with Gasteiger partial charge in [0.2, 0.25) is 0 Å². The quantitative estimate of drug-likeness (QED) is 0.735. The van der Waals surface area contributed by atoms with E-state index in [0.29, 0.717) is 6.42 Å². The summed E-state index contributed by atoms with van der Waals surface area (Å²) in [6.45, 7) is 6.08. The van der Waals surface area contributed by atoms with E-state index in [0.717, 1.165) is 24.8 Å². The molecule has 156 valence electrons. The fraction of sp³-hybridized carbons (Fsp3) is 0.625. The van der Waals surface area contributed by atoms with E-state index < -0.39 is 17.0 Å². The number of rotatable bonds is 4. The van der Waals surface area contributed by atoms with Gasteiger partial charge in [0.05, 0.1) is 0 Å². The molecular weight excluding hydrogens is 368 g/mol. The first kappa shape index (κ1) is 20.3. The van der Waals surface area contributed by atoms with Gasteiger partial charge in [-0.2, -0.15) is 0 Å². The van der Waals surface area contributed by atoms with Crippen molar-refractivity contribution in [1.29, 1.82) is 0 Å². The summed E-state index contributed by atoms with van der Waals surface area (Å²) in [6, 6.07) is 0. The van der Waals surface area contributed by atoms with Gasteiger partial charge in [-0.1, -0.05) is 37.1 Å². The Labute approximate surface area is 171 Å². The van der Waals surface area contributed by atoms with E-state index in [9.17, 15) is 24.6 Å². The topological polar surface area (TPSA) is 94.5 Å². The number of hydrogen-bond donors (Lipinski definition) is 1. The number of fused-ring (bicyclic) bond motifs is 5. The lowest BCUT2D eigenvalue weighted by molar-refractivity contribution is -0.305. The first-order chi connectivity index (χ1) is 13.5. The molecule has 2 fully saturated rings. The number of carbonyl (C=O) groups is 3. The predicted molar refractivity (Wildman–Crippen MR) is 105 cm³/mol. The molecule has 4 aliphatic carbocycles. The minimum Gasteiger partial charge on any atom is -0.550 e. The maximum atomic E-state index is 13.0. The largest absolute Gasteiger partial charge is 0.550 e. The Morgan fingerprint density at radius 1 is 1.28 bits per heavy atom. The van der Waals surface area contributed by atoms with Crippen molar-refractivity contribution in [3.8, 4) is 0 Å². The van der Waals surface area contributed by atoms with Crippen LogP contribution in [0.3, 0.4) is 0 Å². The second-order valence-corrected chi connectivity index (χ2v) is 9.84. The van der Waals surface area contributed by atoms with Crippen molar-refractivity contribution in [2.45, 2.75) is 64.9 Å². The van der Waals surface area contributed by atoms with E-state index in [1.54, 1.807) is 12.2 Å². The molecule has 0 saturated heterocycles. The van der Waals surface area contributed by atoms with Crippen LogP contribution in [0.15, 0.2) is 35.5 Å². The molecule has 0 unspecified atom stereocenters. The second kappa shape index (κ2) is 6.49. The van der Waals surface area contributed by atoms with E-state index in [1.165, 1.54) is 5.57 Å². The number of ketones is 2. The molecule has 4 aliphatic rings. The smallest absolute Gasteiger partial charge is 0.178 e. The van der Waals surface area contributed by atoms with E-state index in [2.05, 4.69) is 13.0 Å². The van der Waals surface area contributed by atoms with Crippen molar-refractivity contribution in [3.63, 3.8) is 0 Å². The highest BCUT2D eigenvalue weighted by molar-refractivity contribution is 6.01. The molecule has 0 spiro atoms. The van der Waals surface area contributed by atoms with Gasteiger partial charge in [0, 0.05) is 23.2 Å². The van der Waals surface area contributed by atoms with Gasteiger partial charge in [0.1, 0.15) is 5.60 Å². The van der Waals surface area contributed by atoms with E-state index >= 15 is 0 Å². The normalized spacial score (nSPS) is 43.0. The van der Waals surface area contributed by atoms with Gasteiger partial charge in [0.25, 0.3) is 0 Å². The minimum absolute atomic E-state index is 0.0413. The standard InChI is InChI=1S/C24H30O5/c1-14-12-19-17-5-4-15-13-16(25)8-10-22(15,2)18(17)9-11-23(19,3)24(14,29)20(26)6-7-21(27)28/h8-10,13-14,17,19,29H,4-7,11-12H2,1-3H3,(H,27,28)/p-1/t14-,17-,19+,22+,23+,24+/m1/s1. The number of aliphatic hydroxyl groups is 1. The molecule has 6 atom stereocenters. The van der Waals surface area contributed by atoms with Gasteiger partial charge in [-0.15, -0.1) is 0 Å². The van der Waals surface area contributed by atoms with Crippen molar-refractivity contribution in [2.24, 2.45) is 28.6 Å². The Morgan fingerprint density at radius 2 is 2.00 bits per heavy atom. The van der Waals surface area contributed by atoms with Crippen LogP contribution in [-0.2, 0) is 14.4 Å². The van der Waals surface area contributed by atoms with E-state index in [1.807, 2.05) is 19.9 Å². The van der Waals surface area contributed by atoms with Crippen molar-refractivity contribution in [3.05, 3.63) is 35.5 Å². The summed E-state index contributed by atoms with van der Waals surface area (Å²) >= 11 is 0. The Balaban J connectivity index is 1.71. The number of carboxylic acids is 1. The highest BCUT2D eigenvalue weighted by atomic mass is 16.4. The third-order valence-corrected chi connectivity index (χ3v) is 8.51. The molecule has 2 saturated carbocycles. The number of carbonyl (C=O) groups excluding carboxylic acids is 3. The molecule has 5 heteroatoms. The summed E-state index contributed by atoms with van der Waals surface area (Å²) in [5, 5.41) is 22.5. The van der Waals surface area contributed by atoms with Crippen LogP contribution in [0.2, 0.25) is 0 Å². The SMILES string of the molecule is C[C@@H]1C[C@H]2[C@@H]3CCC4=CC(=O)C=C[C@]4(C)C3=CC[C@]2(C)[C@@]1(O)C(=O)CCC(=O)[O-]. The molecule has 1 N–H and O–H groups in total. The van der Waals surface area contributed by atoms with Gasteiger partial charge in [-0.25, -0.2) is 0 Å². The van der Waals surface area contributed by atoms with Crippen LogP contribution >= 0.6 is 0 Å². The molecule has 0 aromatic carbocycles. The first-order valence-electron chi connectivity index (χ1n) is 10.6. The number of carboxylic acid groups (broad SMARTS) is 1. The average molecular weight is 397 g/mol. The van der Waals surface area contributed by atoms with Crippen LogP contribution in [-0.4, -0.2) is 28.2 Å². The van der Waals surface area contributed by atoms with Gasteiger partial charge >= 0.3 is 0 Å². The third kappa shape index (κ3) is 2.66.